The maximum atomic E-state index is 10.1. The lowest BCUT2D eigenvalue weighted by molar-refractivity contribution is 0.355. The largest absolute Gasteiger partial charge is 0.493 e. The number of para-hydroxylation sites is 1. The van der Waals surface area contributed by atoms with Crippen LogP contribution in [0.4, 0.5) is 10.8 Å². The van der Waals surface area contributed by atoms with Gasteiger partial charge in [0, 0.05) is 16.3 Å². The number of azo groups is 1. The van der Waals surface area contributed by atoms with E-state index in [9.17, 15) is 5.11 Å². The topological polar surface area (TPSA) is 92.1 Å². The highest BCUT2D eigenvalue weighted by molar-refractivity contribution is 8.93. The van der Waals surface area contributed by atoms with Crippen LogP contribution in [-0.2, 0) is 0 Å². The van der Waals surface area contributed by atoms with Crippen LogP contribution in [-0.4, -0.2) is 29.3 Å². The van der Waals surface area contributed by atoms with Crippen molar-refractivity contribution < 1.29 is 14.6 Å². The second-order valence-electron chi connectivity index (χ2n) is 6.11. The molecule has 0 aliphatic carbocycles. The predicted molar refractivity (Wildman–Crippen MR) is 120 cm³/mol. The number of ether oxygens (including phenoxy) is 2. The number of thiazole rings is 1. The van der Waals surface area contributed by atoms with Gasteiger partial charge < -0.3 is 19.6 Å². The Morgan fingerprint density at radius 2 is 1.79 bits per heavy atom. The first-order chi connectivity index (χ1) is 13.6. The summed E-state index contributed by atoms with van der Waals surface area (Å²) in [6.45, 7) is 1.99. The Bertz CT molecular complexity index is 1190. The highest BCUT2D eigenvalue weighted by atomic mass is 79.9. The molecule has 7 nitrogen and oxygen atoms in total. The third-order valence-corrected chi connectivity index (χ3v) is 5.12. The molecule has 2 aromatic heterocycles. The molecule has 0 saturated heterocycles. The summed E-state index contributed by atoms with van der Waals surface area (Å²) in [7, 11) is 3.21. The van der Waals surface area contributed by atoms with Crippen molar-refractivity contribution in [2.75, 3.05) is 14.2 Å². The maximum absolute atomic E-state index is 10.1. The fourth-order valence-electron chi connectivity index (χ4n) is 3.00. The van der Waals surface area contributed by atoms with Crippen LogP contribution in [0, 0.1) is 6.92 Å². The number of H-pyrrole nitrogens is 1. The number of rotatable bonds is 5. The van der Waals surface area contributed by atoms with E-state index in [1.807, 2.05) is 48.7 Å². The molecule has 150 valence electrons. The zero-order valence-electron chi connectivity index (χ0n) is 16.0. The number of aromatic nitrogens is 2. The van der Waals surface area contributed by atoms with Crippen molar-refractivity contribution in [2.24, 2.45) is 10.2 Å². The van der Waals surface area contributed by atoms with Gasteiger partial charge in [0.15, 0.2) is 17.2 Å². The zero-order valence-corrected chi connectivity index (χ0v) is 18.5. The molecule has 4 aromatic rings. The van der Waals surface area contributed by atoms with Crippen LogP contribution in [0.3, 0.4) is 0 Å². The molecule has 0 bridgehead atoms. The van der Waals surface area contributed by atoms with Gasteiger partial charge in [0.05, 0.1) is 25.4 Å². The third-order valence-electron chi connectivity index (χ3n) is 4.39. The maximum Gasteiger partial charge on any atom is 0.230 e. The minimum absolute atomic E-state index is 0. The molecule has 4 rings (SSSR count). The molecule has 0 fully saturated rings. The molecule has 0 aliphatic heterocycles. The first kappa shape index (κ1) is 20.8. The van der Waals surface area contributed by atoms with E-state index in [1.54, 1.807) is 14.2 Å². The number of benzene rings is 2. The van der Waals surface area contributed by atoms with E-state index < -0.39 is 0 Å². The van der Waals surface area contributed by atoms with E-state index in [1.165, 1.54) is 11.3 Å². The summed E-state index contributed by atoms with van der Waals surface area (Å²) in [6.07, 6.45) is 0. The Morgan fingerprint density at radius 1 is 1.07 bits per heavy atom. The van der Waals surface area contributed by atoms with E-state index in [0.717, 1.165) is 27.7 Å². The first-order valence-corrected chi connectivity index (χ1v) is 9.38. The number of aromatic amines is 1. The van der Waals surface area contributed by atoms with Crippen LogP contribution in [0.2, 0.25) is 0 Å². The summed E-state index contributed by atoms with van der Waals surface area (Å²) in [4.78, 5) is 7.44. The van der Waals surface area contributed by atoms with Crippen LogP contribution in [0.1, 0.15) is 5.56 Å². The van der Waals surface area contributed by atoms with Gasteiger partial charge in [-0.3, -0.25) is 0 Å². The van der Waals surface area contributed by atoms with E-state index in [4.69, 9.17) is 9.47 Å². The highest BCUT2D eigenvalue weighted by Crippen LogP contribution is 2.39. The van der Waals surface area contributed by atoms with Crippen molar-refractivity contribution in [2.45, 2.75) is 6.92 Å². The van der Waals surface area contributed by atoms with Crippen molar-refractivity contribution in [3.63, 3.8) is 0 Å². The summed E-state index contributed by atoms with van der Waals surface area (Å²) < 4.78 is 10.7. The summed E-state index contributed by atoms with van der Waals surface area (Å²) in [5, 5.41) is 21.7. The highest BCUT2D eigenvalue weighted by Gasteiger charge is 2.14. The Balaban J connectivity index is 0.00000240. The molecule has 0 radical (unpaired) electrons. The van der Waals surface area contributed by atoms with E-state index in [-0.39, 0.29) is 22.9 Å². The van der Waals surface area contributed by atoms with Crippen molar-refractivity contribution in [1.82, 2.24) is 9.97 Å². The second kappa shape index (κ2) is 8.62. The van der Waals surface area contributed by atoms with Gasteiger partial charge in [0.25, 0.3) is 0 Å². The zero-order chi connectivity index (χ0) is 19.7. The molecule has 29 heavy (non-hydrogen) atoms. The fourth-order valence-corrected chi connectivity index (χ4v) is 3.63. The van der Waals surface area contributed by atoms with Gasteiger partial charge in [-0.2, -0.15) is 0 Å². The molecular formula is C20H19BrN4O3S. The molecule has 0 spiro atoms. The molecule has 0 saturated carbocycles. The lowest BCUT2D eigenvalue weighted by Crippen LogP contribution is -1.93. The standard InChI is InChI=1S/C20H18N4O3S.BrH/c1-11-8-16(26-2)17(27-3)9-13(11)15-10-28-20(22-15)24-23-18-12-6-4-5-7-14(12)21-19(18)25;/h4-10,21,25H,1-3H3;1H. The lowest BCUT2D eigenvalue weighted by atomic mass is 10.1. The summed E-state index contributed by atoms with van der Waals surface area (Å²) in [6, 6.07) is 11.3. The van der Waals surface area contributed by atoms with Gasteiger partial charge in [-0.1, -0.05) is 18.2 Å². The van der Waals surface area contributed by atoms with E-state index in [0.29, 0.717) is 22.3 Å². The van der Waals surface area contributed by atoms with Crippen molar-refractivity contribution in [3.8, 4) is 28.6 Å². The van der Waals surface area contributed by atoms with Gasteiger partial charge in [-0.05, 0) is 30.7 Å². The van der Waals surface area contributed by atoms with E-state index >= 15 is 0 Å². The second-order valence-corrected chi connectivity index (χ2v) is 6.94. The van der Waals surface area contributed by atoms with Crippen LogP contribution in [0.25, 0.3) is 22.2 Å². The number of nitrogens with one attached hydrogen (secondary N) is 1. The Morgan fingerprint density at radius 3 is 2.55 bits per heavy atom. The normalized spacial score (nSPS) is 11.0. The van der Waals surface area contributed by atoms with Crippen LogP contribution < -0.4 is 9.47 Å². The Labute approximate surface area is 181 Å². The van der Waals surface area contributed by atoms with Gasteiger partial charge >= 0.3 is 0 Å². The number of hydrogen-bond donors (Lipinski definition) is 2. The number of aryl methyl sites for hydroxylation is 1. The molecule has 0 aliphatic rings. The Kier molecular flexibility index (Phi) is 6.19. The first-order valence-electron chi connectivity index (χ1n) is 8.50. The molecule has 2 aromatic carbocycles. The SMILES string of the molecule is Br.COc1cc(C)c(-c2csc(N=Nc3c(O)[nH]c4ccccc34)n2)cc1OC. The summed E-state index contributed by atoms with van der Waals surface area (Å²) in [5.41, 5.74) is 3.93. The summed E-state index contributed by atoms with van der Waals surface area (Å²) >= 11 is 1.37. The number of methoxy groups -OCH3 is 2. The molecule has 2 heterocycles. The van der Waals surface area contributed by atoms with Crippen molar-refractivity contribution in [1.29, 1.82) is 0 Å². The average Bonchev–Trinajstić information content (AvgIpc) is 3.29. The number of nitrogens with zero attached hydrogens (tertiary/aromatic N) is 3. The Hall–Kier alpha value is -2.91. The quantitative estimate of drug-likeness (QED) is 0.331. The third kappa shape index (κ3) is 3.96. The van der Waals surface area contributed by atoms with Crippen molar-refractivity contribution in [3.05, 3.63) is 47.3 Å². The predicted octanol–water partition coefficient (Wildman–Crippen LogP) is 6.32. The number of hydrogen-bond acceptors (Lipinski definition) is 7. The van der Waals surface area contributed by atoms with Crippen LogP contribution in [0.15, 0.2) is 52.0 Å². The molecule has 0 atom stereocenters. The molecule has 0 amide bonds. The lowest BCUT2D eigenvalue weighted by Gasteiger charge is -2.11. The van der Waals surface area contributed by atoms with Crippen LogP contribution >= 0.6 is 28.3 Å². The van der Waals surface area contributed by atoms with Crippen LogP contribution in [0.5, 0.6) is 17.4 Å². The smallest absolute Gasteiger partial charge is 0.230 e. The fraction of sp³-hybridized carbons (Fsp3) is 0.150. The molecule has 9 heteroatoms. The molecule has 2 N–H and O–H groups in total. The number of aromatic hydroxyl groups is 1. The number of halogens is 1. The minimum atomic E-state index is -0.0162. The van der Waals surface area contributed by atoms with Crippen molar-refractivity contribution >= 4 is 50.0 Å². The van der Waals surface area contributed by atoms with Gasteiger partial charge in [-0.25, -0.2) is 4.98 Å². The summed E-state index contributed by atoms with van der Waals surface area (Å²) in [5.74, 6) is 1.30. The molecule has 0 unspecified atom stereocenters. The minimum Gasteiger partial charge on any atom is -0.493 e. The average molecular weight is 475 g/mol. The van der Waals surface area contributed by atoms with Gasteiger partial charge in [-0.15, -0.1) is 38.5 Å². The van der Waals surface area contributed by atoms with E-state index in [2.05, 4.69) is 20.2 Å². The monoisotopic (exact) mass is 474 g/mol. The molecular weight excluding hydrogens is 456 g/mol. The van der Waals surface area contributed by atoms with Gasteiger partial charge in [0.1, 0.15) is 0 Å². The van der Waals surface area contributed by atoms with Gasteiger partial charge in [0.2, 0.25) is 11.0 Å². The number of fused-ring (bicyclic) bond motifs is 1.